The van der Waals surface area contributed by atoms with Crippen LogP contribution < -0.4 is 5.32 Å². The van der Waals surface area contributed by atoms with Crippen molar-refractivity contribution in [2.24, 2.45) is 0 Å². The van der Waals surface area contributed by atoms with Crippen molar-refractivity contribution in [2.45, 2.75) is 46.5 Å². The maximum atomic E-state index is 13.8. The van der Waals surface area contributed by atoms with E-state index in [1.54, 1.807) is 23.1 Å². The van der Waals surface area contributed by atoms with Crippen molar-refractivity contribution in [3.8, 4) is 0 Å². The Kier molecular flexibility index (Phi) is 8.18. The lowest BCUT2D eigenvalue weighted by molar-refractivity contribution is -0.129. The quantitative estimate of drug-likeness (QED) is 0.698. The summed E-state index contributed by atoms with van der Waals surface area (Å²) < 4.78 is 13.8. The fourth-order valence-corrected chi connectivity index (χ4v) is 3.22. The number of rotatable bonds is 9. The maximum Gasteiger partial charge on any atom is 0.226 e. The minimum atomic E-state index is -0.271. The molecule has 5 heteroatoms. The summed E-state index contributed by atoms with van der Waals surface area (Å²) in [5.74, 6) is -0.507. The normalized spacial score (nSPS) is 10.6. The molecule has 0 aliphatic carbocycles. The SMILES string of the molecule is CCc1cccc(CC)c1NC(=O)CCN(CCc1ccccc1F)C(C)=O. The van der Waals surface area contributed by atoms with Crippen LogP contribution in [-0.2, 0) is 28.9 Å². The molecule has 0 heterocycles. The van der Waals surface area contributed by atoms with Crippen LogP contribution in [0.4, 0.5) is 10.1 Å². The summed E-state index contributed by atoms with van der Waals surface area (Å²) in [6.07, 6.45) is 2.31. The number of nitrogens with one attached hydrogen (secondary N) is 1. The molecule has 4 nitrogen and oxygen atoms in total. The van der Waals surface area contributed by atoms with Crippen LogP contribution in [0.15, 0.2) is 42.5 Å². The van der Waals surface area contributed by atoms with Crippen LogP contribution in [0.1, 0.15) is 43.9 Å². The van der Waals surface area contributed by atoms with E-state index >= 15 is 0 Å². The summed E-state index contributed by atoms with van der Waals surface area (Å²) in [5, 5.41) is 3.02. The number of halogens is 1. The van der Waals surface area contributed by atoms with E-state index in [-0.39, 0.29) is 24.1 Å². The molecular weight excluding hydrogens is 355 g/mol. The van der Waals surface area contributed by atoms with Crippen molar-refractivity contribution >= 4 is 17.5 Å². The van der Waals surface area contributed by atoms with E-state index in [4.69, 9.17) is 0 Å². The van der Waals surface area contributed by atoms with Crippen molar-refractivity contribution in [2.75, 3.05) is 18.4 Å². The van der Waals surface area contributed by atoms with E-state index in [0.29, 0.717) is 25.1 Å². The first-order valence-corrected chi connectivity index (χ1v) is 9.85. The molecule has 0 saturated carbocycles. The highest BCUT2D eigenvalue weighted by atomic mass is 19.1. The molecule has 2 rings (SSSR count). The zero-order chi connectivity index (χ0) is 20.5. The van der Waals surface area contributed by atoms with Gasteiger partial charge in [-0.1, -0.05) is 50.2 Å². The first-order chi connectivity index (χ1) is 13.5. The van der Waals surface area contributed by atoms with Gasteiger partial charge in [-0.3, -0.25) is 9.59 Å². The highest BCUT2D eigenvalue weighted by Gasteiger charge is 2.14. The van der Waals surface area contributed by atoms with E-state index in [2.05, 4.69) is 19.2 Å². The fraction of sp³-hybridized carbons (Fsp3) is 0.391. The smallest absolute Gasteiger partial charge is 0.226 e. The zero-order valence-corrected chi connectivity index (χ0v) is 16.9. The Morgan fingerprint density at radius 3 is 2.11 bits per heavy atom. The number of para-hydroxylation sites is 1. The van der Waals surface area contributed by atoms with Gasteiger partial charge in [-0.05, 0) is 42.0 Å². The van der Waals surface area contributed by atoms with Crippen LogP contribution in [0.5, 0.6) is 0 Å². The second-order valence-electron chi connectivity index (χ2n) is 6.80. The number of carbonyl (C=O) groups is 2. The Morgan fingerprint density at radius 2 is 1.54 bits per heavy atom. The summed E-state index contributed by atoms with van der Waals surface area (Å²) in [6.45, 7) is 6.29. The molecule has 0 aromatic heterocycles. The van der Waals surface area contributed by atoms with Crippen molar-refractivity contribution in [1.82, 2.24) is 4.90 Å². The molecule has 0 radical (unpaired) electrons. The minimum absolute atomic E-state index is 0.118. The second kappa shape index (κ2) is 10.6. The van der Waals surface area contributed by atoms with Gasteiger partial charge in [0.2, 0.25) is 11.8 Å². The number of benzene rings is 2. The van der Waals surface area contributed by atoms with Crippen molar-refractivity contribution in [3.63, 3.8) is 0 Å². The monoisotopic (exact) mass is 384 g/mol. The molecular formula is C23H29FN2O2. The molecule has 0 saturated heterocycles. The van der Waals surface area contributed by atoms with E-state index in [1.807, 2.05) is 18.2 Å². The highest BCUT2D eigenvalue weighted by molar-refractivity contribution is 5.92. The van der Waals surface area contributed by atoms with Gasteiger partial charge in [0.25, 0.3) is 0 Å². The molecule has 0 atom stereocenters. The number of anilines is 1. The van der Waals surface area contributed by atoms with E-state index in [9.17, 15) is 14.0 Å². The standard InChI is InChI=1S/C23H29FN2O2/c1-4-18-10-8-11-19(5-2)23(18)25-22(28)14-16-26(17(3)27)15-13-20-9-6-7-12-21(20)24/h6-12H,4-5,13-16H2,1-3H3,(H,25,28). The molecule has 28 heavy (non-hydrogen) atoms. The predicted octanol–water partition coefficient (Wildman–Crippen LogP) is 4.37. The highest BCUT2D eigenvalue weighted by Crippen LogP contribution is 2.22. The van der Waals surface area contributed by atoms with Gasteiger partial charge >= 0.3 is 0 Å². The number of carbonyl (C=O) groups excluding carboxylic acids is 2. The Hall–Kier alpha value is -2.69. The fourth-order valence-electron chi connectivity index (χ4n) is 3.22. The molecule has 0 bridgehead atoms. The summed E-state index contributed by atoms with van der Waals surface area (Å²) >= 11 is 0. The first kappa shape index (κ1) is 21.6. The molecule has 2 aromatic rings. The Bertz CT molecular complexity index is 798. The predicted molar refractivity (Wildman–Crippen MR) is 111 cm³/mol. The van der Waals surface area contributed by atoms with Crippen LogP contribution in [0.25, 0.3) is 0 Å². The van der Waals surface area contributed by atoms with E-state index in [1.165, 1.54) is 13.0 Å². The lowest BCUT2D eigenvalue weighted by Gasteiger charge is -2.21. The van der Waals surface area contributed by atoms with Gasteiger partial charge in [0, 0.05) is 32.1 Å². The van der Waals surface area contributed by atoms with Gasteiger partial charge in [0.1, 0.15) is 5.82 Å². The molecule has 0 aliphatic rings. The Balaban J connectivity index is 1.96. The number of hydrogen-bond donors (Lipinski definition) is 1. The molecule has 0 spiro atoms. The van der Waals surface area contributed by atoms with Crippen LogP contribution in [0.2, 0.25) is 0 Å². The van der Waals surface area contributed by atoms with Crippen LogP contribution >= 0.6 is 0 Å². The zero-order valence-electron chi connectivity index (χ0n) is 16.9. The van der Waals surface area contributed by atoms with E-state index < -0.39 is 0 Å². The molecule has 1 N–H and O–H groups in total. The molecule has 0 unspecified atom stereocenters. The van der Waals surface area contributed by atoms with Crippen molar-refractivity contribution in [1.29, 1.82) is 0 Å². The van der Waals surface area contributed by atoms with Crippen LogP contribution in [-0.4, -0.2) is 29.8 Å². The average molecular weight is 384 g/mol. The van der Waals surface area contributed by atoms with E-state index in [0.717, 1.165) is 29.7 Å². The van der Waals surface area contributed by atoms with Crippen molar-refractivity contribution < 1.29 is 14.0 Å². The molecule has 0 fully saturated rings. The number of hydrogen-bond acceptors (Lipinski definition) is 2. The van der Waals surface area contributed by atoms with Gasteiger partial charge in [-0.15, -0.1) is 0 Å². The van der Waals surface area contributed by atoms with Crippen molar-refractivity contribution in [3.05, 3.63) is 65.0 Å². The van der Waals surface area contributed by atoms with Crippen LogP contribution in [0.3, 0.4) is 0 Å². The number of amides is 2. The van der Waals surface area contributed by atoms with Gasteiger partial charge < -0.3 is 10.2 Å². The van der Waals surface area contributed by atoms with Gasteiger partial charge in [0.15, 0.2) is 0 Å². The van der Waals surface area contributed by atoms with Crippen LogP contribution in [0, 0.1) is 5.82 Å². The summed E-state index contributed by atoms with van der Waals surface area (Å²) in [4.78, 5) is 26.0. The third-order valence-corrected chi connectivity index (χ3v) is 4.93. The van der Waals surface area contributed by atoms with Gasteiger partial charge in [-0.2, -0.15) is 0 Å². The lowest BCUT2D eigenvalue weighted by atomic mass is 10.0. The Morgan fingerprint density at radius 1 is 0.929 bits per heavy atom. The summed E-state index contributed by atoms with van der Waals surface area (Å²) in [6, 6.07) is 12.6. The molecule has 2 aromatic carbocycles. The first-order valence-electron chi connectivity index (χ1n) is 9.85. The molecule has 0 aliphatic heterocycles. The van der Waals surface area contributed by atoms with Gasteiger partial charge in [0.05, 0.1) is 0 Å². The third-order valence-electron chi connectivity index (χ3n) is 4.93. The Labute approximate surface area is 166 Å². The molecule has 150 valence electrons. The minimum Gasteiger partial charge on any atom is -0.342 e. The lowest BCUT2D eigenvalue weighted by Crippen LogP contribution is -2.34. The largest absolute Gasteiger partial charge is 0.342 e. The molecule has 2 amide bonds. The third kappa shape index (κ3) is 5.91. The number of aryl methyl sites for hydroxylation is 2. The maximum absolute atomic E-state index is 13.8. The topological polar surface area (TPSA) is 49.4 Å². The number of nitrogens with zero attached hydrogens (tertiary/aromatic N) is 1. The van der Waals surface area contributed by atoms with Gasteiger partial charge in [-0.25, -0.2) is 4.39 Å². The summed E-state index contributed by atoms with van der Waals surface area (Å²) in [7, 11) is 0. The summed E-state index contributed by atoms with van der Waals surface area (Å²) in [5.41, 5.74) is 3.67. The average Bonchev–Trinajstić information content (AvgIpc) is 2.69. The second-order valence-corrected chi connectivity index (χ2v) is 6.80.